The Bertz CT molecular complexity index is 660. The number of rotatable bonds is 6. The summed E-state index contributed by atoms with van der Waals surface area (Å²) in [6.07, 6.45) is 2.21. The lowest BCUT2D eigenvalue weighted by Crippen LogP contribution is -2.10. The maximum atomic E-state index is 5.83. The first-order valence-electron chi connectivity index (χ1n) is 8.33. The highest BCUT2D eigenvalue weighted by atomic mass is 16.5. The molecule has 23 heavy (non-hydrogen) atoms. The van der Waals surface area contributed by atoms with Gasteiger partial charge >= 0.3 is 0 Å². The summed E-state index contributed by atoms with van der Waals surface area (Å²) in [7, 11) is 3.52. The van der Waals surface area contributed by atoms with Crippen LogP contribution in [0.15, 0.2) is 30.3 Å². The van der Waals surface area contributed by atoms with E-state index in [0.717, 1.165) is 29.9 Å². The molecule has 0 amide bonds. The van der Waals surface area contributed by atoms with Crippen LogP contribution in [-0.4, -0.2) is 14.2 Å². The van der Waals surface area contributed by atoms with Gasteiger partial charge in [-0.2, -0.15) is 0 Å². The SMILES string of the molecule is CCCC(c1ccccc1)c1c(C)c(OC)c(C)c(C)c1OC. The molecule has 2 aromatic rings. The van der Waals surface area contributed by atoms with Crippen molar-refractivity contribution in [2.24, 2.45) is 0 Å². The maximum Gasteiger partial charge on any atom is 0.126 e. The van der Waals surface area contributed by atoms with E-state index in [9.17, 15) is 0 Å². The summed E-state index contributed by atoms with van der Waals surface area (Å²) in [4.78, 5) is 0. The fraction of sp³-hybridized carbons (Fsp3) is 0.429. The highest BCUT2D eigenvalue weighted by molar-refractivity contribution is 5.60. The summed E-state index contributed by atoms with van der Waals surface area (Å²) in [6, 6.07) is 10.7. The summed E-state index contributed by atoms with van der Waals surface area (Å²) in [5.41, 5.74) is 6.12. The molecule has 1 atom stereocenters. The summed E-state index contributed by atoms with van der Waals surface area (Å²) in [5.74, 6) is 2.31. The summed E-state index contributed by atoms with van der Waals surface area (Å²) in [5, 5.41) is 0. The first-order valence-corrected chi connectivity index (χ1v) is 8.33. The van der Waals surface area contributed by atoms with Crippen molar-refractivity contribution in [3.8, 4) is 11.5 Å². The standard InChI is InChI=1S/C21H28O2/c1-7-11-18(17-12-9-8-10-13-17)19-16(4)20(22-5)14(2)15(3)21(19)23-6/h8-10,12-13,18H,7,11H2,1-6H3. The Morgan fingerprint density at radius 1 is 0.826 bits per heavy atom. The summed E-state index contributed by atoms with van der Waals surface area (Å²) >= 11 is 0. The molecule has 0 heterocycles. The molecule has 0 radical (unpaired) electrons. The average Bonchev–Trinajstić information content (AvgIpc) is 2.57. The number of ether oxygens (including phenoxy) is 2. The molecular weight excluding hydrogens is 284 g/mol. The van der Waals surface area contributed by atoms with Crippen molar-refractivity contribution in [3.05, 3.63) is 58.1 Å². The average molecular weight is 312 g/mol. The van der Waals surface area contributed by atoms with Crippen molar-refractivity contribution in [2.45, 2.75) is 46.5 Å². The first kappa shape index (κ1) is 17.4. The van der Waals surface area contributed by atoms with Crippen LogP contribution in [-0.2, 0) is 0 Å². The monoisotopic (exact) mass is 312 g/mol. The van der Waals surface area contributed by atoms with E-state index >= 15 is 0 Å². The minimum Gasteiger partial charge on any atom is -0.496 e. The van der Waals surface area contributed by atoms with Gasteiger partial charge in [-0.15, -0.1) is 0 Å². The normalized spacial score (nSPS) is 12.1. The van der Waals surface area contributed by atoms with Crippen LogP contribution in [0.1, 0.15) is 53.5 Å². The van der Waals surface area contributed by atoms with Gasteiger partial charge in [0.05, 0.1) is 14.2 Å². The fourth-order valence-electron chi connectivity index (χ4n) is 3.56. The predicted molar refractivity (Wildman–Crippen MR) is 97.0 cm³/mol. The van der Waals surface area contributed by atoms with Gasteiger partial charge < -0.3 is 9.47 Å². The molecule has 0 saturated carbocycles. The quantitative estimate of drug-likeness (QED) is 0.695. The molecule has 0 fully saturated rings. The molecule has 0 aliphatic carbocycles. The molecule has 2 nitrogen and oxygen atoms in total. The Hall–Kier alpha value is -1.96. The van der Waals surface area contributed by atoms with E-state index in [1.807, 2.05) is 0 Å². The molecular formula is C21H28O2. The van der Waals surface area contributed by atoms with E-state index < -0.39 is 0 Å². The second kappa shape index (κ2) is 7.54. The third kappa shape index (κ3) is 3.21. The molecule has 2 rings (SSSR count). The highest BCUT2D eigenvalue weighted by Gasteiger charge is 2.25. The lowest BCUT2D eigenvalue weighted by atomic mass is 9.82. The smallest absolute Gasteiger partial charge is 0.126 e. The van der Waals surface area contributed by atoms with Crippen molar-refractivity contribution >= 4 is 0 Å². The van der Waals surface area contributed by atoms with Gasteiger partial charge in [0.2, 0.25) is 0 Å². The number of hydrogen-bond donors (Lipinski definition) is 0. The number of methoxy groups -OCH3 is 2. The lowest BCUT2D eigenvalue weighted by molar-refractivity contribution is 0.388. The largest absolute Gasteiger partial charge is 0.496 e. The first-order chi connectivity index (χ1) is 11.1. The van der Waals surface area contributed by atoms with E-state index in [0.29, 0.717) is 5.92 Å². The van der Waals surface area contributed by atoms with Gasteiger partial charge in [-0.1, -0.05) is 43.7 Å². The van der Waals surface area contributed by atoms with Gasteiger partial charge in [0.15, 0.2) is 0 Å². The van der Waals surface area contributed by atoms with Crippen molar-refractivity contribution in [1.82, 2.24) is 0 Å². The zero-order valence-corrected chi connectivity index (χ0v) is 15.2. The summed E-state index contributed by atoms with van der Waals surface area (Å²) in [6.45, 7) is 8.60. The van der Waals surface area contributed by atoms with Crippen LogP contribution in [0.4, 0.5) is 0 Å². The Balaban J connectivity index is 2.74. The molecule has 0 bridgehead atoms. The molecule has 0 spiro atoms. The van der Waals surface area contributed by atoms with Gasteiger partial charge in [-0.05, 0) is 49.4 Å². The molecule has 0 saturated heterocycles. The van der Waals surface area contributed by atoms with Crippen LogP contribution >= 0.6 is 0 Å². The predicted octanol–water partition coefficient (Wildman–Crippen LogP) is 5.56. The van der Waals surface area contributed by atoms with E-state index in [-0.39, 0.29) is 0 Å². The van der Waals surface area contributed by atoms with Crippen LogP contribution in [0.2, 0.25) is 0 Å². The van der Waals surface area contributed by atoms with Crippen LogP contribution in [0, 0.1) is 20.8 Å². The topological polar surface area (TPSA) is 18.5 Å². The van der Waals surface area contributed by atoms with Crippen molar-refractivity contribution < 1.29 is 9.47 Å². The Kier molecular flexibility index (Phi) is 5.70. The molecule has 124 valence electrons. The van der Waals surface area contributed by atoms with Gasteiger partial charge in [-0.25, -0.2) is 0 Å². The minimum atomic E-state index is 0.323. The summed E-state index contributed by atoms with van der Waals surface area (Å²) < 4.78 is 11.5. The molecule has 2 heteroatoms. The number of hydrogen-bond acceptors (Lipinski definition) is 2. The fourth-order valence-corrected chi connectivity index (χ4v) is 3.56. The van der Waals surface area contributed by atoms with Gasteiger partial charge in [0.25, 0.3) is 0 Å². The molecule has 2 aromatic carbocycles. The third-order valence-corrected chi connectivity index (χ3v) is 4.77. The maximum absolute atomic E-state index is 5.83. The number of benzene rings is 2. The zero-order valence-electron chi connectivity index (χ0n) is 15.2. The molecule has 0 aliphatic heterocycles. The van der Waals surface area contributed by atoms with E-state index in [1.165, 1.54) is 22.3 Å². The Morgan fingerprint density at radius 2 is 1.39 bits per heavy atom. The molecule has 1 unspecified atom stereocenters. The third-order valence-electron chi connectivity index (χ3n) is 4.77. The van der Waals surface area contributed by atoms with E-state index in [2.05, 4.69) is 58.0 Å². The molecule has 0 N–H and O–H groups in total. The highest BCUT2D eigenvalue weighted by Crippen LogP contribution is 2.44. The van der Waals surface area contributed by atoms with Crippen LogP contribution in [0.3, 0.4) is 0 Å². The van der Waals surface area contributed by atoms with E-state index in [4.69, 9.17) is 9.47 Å². The zero-order chi connectivity index (χ0) is 17.0. The van der Waals surface area contributed by atoms with Gasteiger partial charge in [0, 0.05) is 11.5 Å². The van der Waals surface area contributed by atoms with Crippen LogP contribution < -0.4 is 9.47 Å². The van der Waals surface area contributed by atoms with E-state index in [1.54, 1.807) is 14.2 Å². The van der Waals surface area contributed by atoms with Crippen LogP contribution in [0.25, 0.3) is 0 Å². The minimum absolute atomic E-state index is 0.323. The Labute approximate surface area is 140 Å². The van der Waals surface area contributed by atoms with Crippen LogP contribution in [0.5, 0.6) is 11.5 Å². The second-order valence-corrected chi connectivity index (χ2v) is 6.11. The van der Waals surface area contributed by atoms with Crippen molar-refractivity contribution in [2.75, 3.05) is 14.2 Å². The lowest BCUT2D eigenvalue weighted by Gasteiger charge is -2.26. The van der Waals surface area contributed by atoms with Gasteiger partial charge in [-0.3, -0.25) is 0 Å². The second-order valence-electron chi connectivity index (χ2n) is 6.11. The Morgan fingerprint density at radius 3 is 1.91 bits per heavy atom. The van der Waals surface area contributed by atoms with Gasteiger partial charge in [0.1, 0.15) is 11.5 Å². The molecule has 0 aromatic heterocycles. The van der Waals surface area contributed by atoms with Crippen molar-refractivity contribution in [3.63, 3.8) is 0 Å². The van der Waals surface area contributed by atoms with Crippen molar-refractivity contribution in [1.29, 1.82) is 0 Å². The molecule has 0 aliphatic rings.